The van der Waals surface area contributed by atoms with E-state index in [1.54, 1.807) is 11.6 Å². The van der Waals surface area contributed by atoms with Crippen LogP contribution in [0.5, 0.6) is 0 Å². The van der Waals surface area contributed by atoms with Crippen LogP contribution in [-0.4, -0.2) is 33.1 Å². The fraction of sp³-hybridized carbons (Fsp3) is 0.333. The number of aromatic nitrogens is 2. The molecular formula is C24H26BrN3O2. The highest BCUT2D eigenvalue weighted by Gasteiger charge is 2.34. The molecular weight excluding hydrogens is 442 g/mol. The first-order chi connectivity index (χ1) is 14.5. The van der Waals surface area contributed by atoms with Crippen LogP contribution in [0.1, 0.15) is 43.0 Å². The van der Waals surface area contributed by atoms with Gasteiger partial charge in [-0.3, -0.25) is 19.2 Å². The lowest BCUT2D eigenvalue weighted by molar-refractivity contribution is -0.123. The number of carbonyl (C=O) groups is 1. The van der Waals surface area contributed by atoms with Gasteiger partial charge in [-0.1, -0.05) is 48.5 Å². The third-order valence-corrected chi connectivity index (χ3v) is 6.81. The molecule has 0 bridgehead atoms. The zero-order valence-corrected chi connectivity index (χ0v) is 18.9. The number of para-hydroxylation sites is 1. The van der Waals surface area contributed by atoms with Gasteiger partial charge in [-0.2, -0.15) is 0 Å². The molecule has 1 aromatic heterocycles. The lowest BCUT2D eigenvalue weighted by Crippen LogP contribution is -2.40. The molecule has 0 amide bonds. The molecule has 0 N–H and O–H groups in total. The van der Waals surface area contributed by atoms with Crippen molar-refractivity contribution in [1.82, 2.24) is 14.3 Å². The van der Waals surface area contributed by atoms with Gasteiger partial charge in [-0.15, -0.1) is 0 Å². The number of carbonyl (C=O) groups excluding carboxylic acids is 1. The number of Topliss-reactive ketones (excluding diaryl/α,β-unsaturated/α-hetero) is 1. The maximum Gasteiger partial charge on any atom is 0.286 e. The summed E-state index contributed by atoms with van der Waals surface area (Å²) in [5, 5.41) is 0. The summed E-state index contributed by atoms with van der Waals surface area (Å²) in [4.78, 5) is 28.0. The van der Waals surface area contributed by atoms with Gasteiger partial charge in [0.1, 0.15) is 10.5 Å². The molecule has 1 aliphatic rings. The predicted molar refractivity (Wildman–Crippen MR) is 122 cm³/mol. The van der Waals surface area contributed by atoms with E-state index in [0.717, 1.165) is 37.3 Å². The van der Waals surface area contributed by atoms with Crippen molar-refractivity contribution >= 4 is 21.7 Å². The Morgan fingerprint density at radius 3 is 2.13 bits per heavy atom. The topological polar surface area (TPSA) is 47.2 Å². The monoisotopic (exact) mass is 467 g/mol. The Kier molecular flexibility index (Phi) is 6.06. The van der Waals surface area contributed by atoms with Gasteiger partial charge in [0.25, 0.3) is 5.56 Å². The molecule has 1 aliphatic heterocycles. The Hall–Kier alpha value is -2.44. The molecule has 1 atom stereocenters. The minimum atomic E-state index is -0.446. The van der Waals surface area contributed by atoms with Gasteiger partial charge in [0.15, 0.2) is 5.78 Å². The van der Waals surface area contributed by atoms with E-state index >= 15 is 0 Å². The highest BCUT2D eigenvalue weighted by molar-refractivity contribution is 9.10. The van der Waals surface area contributed by atoms with E-state index in [0.29, 0.717) is 10.4 Å². The van der Waals surface area contributed by atoms with Crippen molar-refractivity contribution < 1.29 is 4.79 Å². The van der Waals surface area contributed by atoms with Crippen LogP contribution in [0.3, 0.4) is 0 Å². The maximum absolute atomic E-state index is 13.0. The Morgan fingerprint density at radius 1 is 1.00 bits per heavy atom. The van der Waals surface area contributed by atoms with Crippen LogP contribution in [0, 0.1) is 0 Å². The second-order valence-electron chi connectivity index (χ2n) is 7.91. The second kappa shape index (κ2) is 8.74. The first-order valence-corrected chi connectivity index (χ1v) is 11.1. The molecule has 4 rings (SSSR count). The molecule has 0 saturated carbocycles. The van der Waals surface area contributed by atoms with Crippen molar-refractivity contribution in [3.8, 4) is 5.69 Å². The summed E-state index contributed by atoms with van der Waals surface area (Å²) in [5.41, 5.74) is 2.71. The molecule has 0 spiro atoms. The van der Waals surface area contributed by atoms with Crippen LogP contribution in [0.2, 0.25) is 0 Å². The van der Waals surface area contributed by atoms with Crippen molar-refractivity contribution in [2.45, 2.75) is 31.7 Å². The summed E-state index contributed by atoms with van der Waals surface area (Å²) in [7, 11) is 1.85. The number of nitrogens with zero attached hydrogens (tertiary/aromatic N) is 3. The Morgan fingerprint density at radius 2 is 1.57 bits per heavy atom. The van der Waals surface area contributed by atoms with E-state index in [-0.39, 0.29) is 11.3 Å². The van der Waals surface area contributed by atoms with Gasteiger partial charge in [0.2, 0.25) is 0 Å². The third kappa shape index (κ3) is 3.82. The summed E-state index contributed by atoms with van der Waals surface area (Å²) in [6.07, 6.45) is 2.00. The minimum Gasteiger partial charge on any atom is -0.298 e. The lowest BCUT2D eigenvalue weighted by atomic mass is 9.88. The van der Waals surface area contributed by atoms with Crippen molar-refractivity contribution in [3.63, 3.8) is 0 Å². The number of rotatable bonds is 5. The highest BCUT2D eigenvalue weighted by Crippen LogP contribution is 2.34. The van der Waals surface area contributed by atoms with Crippen molar-refractivity contribution in [2.75, 3.05) is 13.1 Å². The molecule has 6 heteroatoms. The number of piperidine rings is 1. The molecule has 5 nitrogen and oxygen atoms in total. The highest BCUT2D eigenvalue weighted by atomic mass is 79.9. The van der Waals surface area contributed by atoms with Gasteiger partial charge in [-0.25, -0.2) is 4.68 Å². The van der Waals surface area contributed by atoms with Crippen LogP contribution < -0.4 is 5.56 Å². The standard InChI is InChI=1S/C24H26BrN3O2/c1-17(29)22(27-15-13-19(14-16-27)18-9-5-3-6-10-18)23-21(25)24(30)28(26(23)2)20-11-7-4-8-12-20/h3-12,19,22H,13-16H2,1-2H3. The zero-order chi connectivity index (χ0) is 21.3. The first-order valence-electron chi connectivity index (χ1n) is 10.3. The summed E-state index contributed by atoms with van der Waals surface area (Å²) in [5.74, 6) is 0.561. The summed E-state index contributed by atoms with van der Waals surface area (Å²) in [6.45, 7) is 3.26. The average molecular weight is 468 g/mol. The smallest absolute Gasteiger partial charge is 0.286 e. The molecule has 1 unspecified atom stereocenters. The number of likely N-dealkylation sites (tertiary alicyclic amines) is 1. The number of hydrogen-bond acceptors (Lipinski definition) is 3. The van der Waals surface area contributed by atoms with Crippen LogP contribution in [0.25, 0.3) is 5.69 Å². The van der Waals surface area contributed by atoms with Gasteiger partial charge in [-0.05, 0) is 72.4 Å². The number of halogens is 1. The largest absolute Gasteiger partial charge is 0.298 e. The van der Waals surface area contributed by atoms with Crippen molar-refractivity contribution in [2.24, 2.45) is 7.05 Å². The predicted octanol–water partition coefficient (Wildman–Crippen LogP) is 4.45. The van der Waals surface area contributed by atoms with Gasteiger partial charge in [0, 0.05) is 7.05 Å². The van der Waals surface area contributed by atoms with E-state index in [2.05, 4.69) is 45.1 Å². The molecule has 30 heavy (non-hydrogen) atoms. The molecule has 1 fully saturated rings. The number of benzene rings is 2. The third-order valence-electron chi connectivity index (χ3n) is 6.06. The van der Waals surface area contributed by atoms with Gasteiger partial charge in [0.05, 0.1) is 11.4 Å². The summed E-state index contributed by atoms with van der Waals surface area (Å²) >= 11 is 3.50. The Balaban J connectivity index is 1.65. The summed E-state index contributed by atoms with van der Waals surface area (Å²) < 4.78 is 3.89. The molecule has 1 saturated heterocycles. The minimum absolute atomic E-state index is 0.0506. The van der Waals surface area contributed by atoms with Crippen molar-refractivity contribution in [1.29, 1.82) is 0 Å². The van der Waals surface area contributed by atoms with E-state index in [1.807, 2.05) is 48.1 Å². The van der Waals surface area contributed by atoms with Crippen LogP contribution in [-0.2, 0) is 11.8 Å². The fourth-order valence-corrected chi connectivity index (χ4v) is 5.23. The van der Waals surface area contributed by atoms with E-state index < -0.39 is 6.04 Å². The maximum atomic E-state index is 13.0. The Labute approximate surface area is 185 Å². The average Bonchev–Trinajstić information content (AvgIpc) is 2.99. The van der Waals surface area contributed by atoms with E-state index in [4.69, 9.17) is 0 Å². The molecule has 0 aliphatic carbocycles. The summed E-state index contributed by atoms with van der Waals surface area (Å²) in [6, 6.07) is 19.6. The molecule has 2 heterocycles. The molecule has 2 aromatic carbocycles. The van der Waals surface area contributed by atoms with Crippen LogP contribution >= 0.6 is 15.9 Å². The second-order valence-corrected chi connectivity index (χ2v) is 8.70. The molecule has 0 radical (unpaired) electrons. The first kappa shape index (κ1) is 20.8. The normalized spacial score (nSPS) is 16.5. The Bertz CT molecular complexity index is 1080. The lowest BCUT2D eigenvalue weighted by Gasteiger charge is -2.37. The van der Waals surface area contributed by atoms with E-state index in [1.165, 1.54) is 5.56 Å². The van der Waals surface area contributed by atoms with E-state index in [9.17, 15) is 9.59 Å². The zero-order valence-electron chi connectivity index (χ0n) is 17.3. The molecule has 156 valence electrons. The van der Waals surface area contributed by atoms with Crippen molar-refractivity contribution in [3.05, 3.63) is 86.7 Å². The van der Waals surface area contributed by atoms with Gasteiger partial charge < -0.3 is 0 Å². The fourth-order valence-electron chi connectivity index (χ4n) is 4.58. The van der Waals surface area contributed by atoms with Crippen LogP contribution in [0.4, 0.5) is 0 Å². The van der Waals surface area contributed by atoms with Crippen LogP contribution in [0.15, 0.2) is 69.9 Å². The quantitative estimate of drug-likeness (QED) is 0.556. The molecule has 3 aromatic rings. The number of ketones is 1. The van der Waals surface area contributed by atoms with Gasteiger partial charge >= 0.3 is 0 Å². The SMILES string of the molecule is CC(=O)C(c1c(Br)c(=O)n(-c2ccccc2)n1C)N1CCC(c2ccccc2)CC1. The number of hydrogen-bond donors (Lipinski definition) is 0.